The van der Waals surface area contributed by atoms with Gasteiger partial charge in [0.2, 0.25) is 0 Å². The van der Waals surface area contributed by atoms with Crippen LogP contribution in [0.5, 0.6) is 6.08 Å². The lowest BCUT2D eigenvalue weighted by Gasteiger charge is -2.01. The Balaban J connectivity index is 1.69. The van der Waals surface area contributed by atoms with E-state index in [1.807, 2.05) is 30.3 Å². The molecule has 0 N–H and O–H groups in total. The molecule has 20 heavy (non-hydrogen) atoms. The molecule has 1 heterocycles. The predicted octanol–water partition coefficient (Wildman–Crippen LogP) is 4.48. The average Bonchev–Trinajstić information content (AvgIpc) is 2.96. The summed E-state index contributed by atoms with van der Waals surface area (Å²) in [5.74, 6) is 0.503. The van der Waals surface area contributed by atoms with E-state index in [0.717, 1.165) is 12.0 Å². The molecule has 0 aliphatic rings. The van der Waals surface area contributed by atoms with Crippen molar-refractivity contribution in [2.45, 2.75) is 45.4 Å². The SMILES string of the molecule is CCCCCCCCOc1nnc(-c2ccccc2)o1. The molecule has 108 valence electrons. The first-order valence-electron chi connectivity index (χ1n) is 7.42. The molecule has 0 bridgehead atoms. The fraction of sp³-hybridized carbons (Fsp3) is 0.500. The maximum atomic E-state index is 5.47. The van der Waals surface area contributed by atoms with Gasteiger partial charge in [0.15, 0.2) is 0 Å². The second-order valence-corrected chi connectivity index (χ2v) is 4.86. The first-order chi connectivity index (χ1) is 9.90. The van der Waals surface area contributed by atoms with E-state index in [1.165, 1.54) is 32.1 Å². The minimum atomic E-state index is 0.261. The smallest absolute Gasteiger partial charge is 0.414 e. The quantitative estimate of drug-likeness (QED) is 0.633. The number of nitrogens with zero attached hydrogens (tertiary/aromatic N) is 2. The average molecular weight is 274 g/mol. The van der Waals surface area contributed by atoms with Crippen LogP contribution >= 0.6 is 0 Å². The molecule has 4 nitrogen and oxygen atoms in total. The van der Waals surface area contributed by atoms with Crippen LogP contribution in [0.4, 0.5) is 0 Å². The van der Waals surface area contributed by atoms with Crippen molar-refractivity contribution in [3.63, 3.8) is 0 Å². The predicted molar refractivity (Wildman–Crippen MR) is 78.6 cm³/mol. The molecule has 0 unspecified atom stereocenters. The Hall–Kier alpha value is -1.84. The van der Waals surface area contributed by atoms with E-state index in [4.69, 9.17) is 9.15 Å². The van der Waals surface area contributed by atoms with E-state index in [0.29, 0.717) is 12.5 Å². The van der Waals surface area contributed by atoms with Crippen molar-refractivity contribution in [3.05, 3.63) is 30.3 Å². The minimum absolute atomic E-state index is 0.261. The van der Waals surface area contributed by atoms with Crippen molar-refractivity contribution < 1.29 is 9.15 Å². The van der Waals surface area contributed by atoms with Gasteiger partial charge >= 0.3 is 6.08 Å². The third-order valence-electron chi connectivity index (χ3n) is 3.15. The van der Waals surface area contributed by atoms with Crippen LogP contribution in [0.3, 0.4) is 0 Å². The second-order valence-electron chi connectivity index (χ2n) is 4.86. The van der Waals surface area contributed by atoms with Gasteiger partial charge in [-0.3, -0.25) is 0 Å². The Labute approximate surface area is 120 Å². The van der Waals surface area contributed by atoms with Gasteiger partial charge in [0.05, 0.1) is 6.61 Å². The first kappa shape index (κ1) is 14.6. The zero-order valence-corrected chi connectivity index (χ0v) is 12.0. The van der Waals surface area contributed by atoms with Crippen LogP contribution in [-0.2, 0) is 0 Å². The highest BCUT2D eigenvalue weighted by molar-refractivity contribution is 5.51. The molecule has 0 aliphatic heterocycles. The van der Waals surface area contributed by atoms with E-state index in [1.54, 1.807) is 0 Å². The molecule has 4 heteroatoms. The molecule has 0 spiro atoms. The van der Waals surface area contributed by atoms with E-state index in [9.17, 15) is 0 Å². The molecule has 0 fully saturated rings. The largest absolute Gasteiger partial charge is 0.449 e. The summed E-state index contributed by atoms with van der Waals surface area (Å²) in [6, 6.07) is 9.71. The van der Waals surface area contributed by atoms with Gasteiger partial charge in [-0.15, -0.1) is 5.10 Å². The fourth-order valence-electron chi connectivity index (χ4n) is 2.01. The summed E-state index contributed by atoms with van der Waals surface area (Å²) in [4.78, 5) is 0. The highest BCUT2D eigenvalue weighted by Crippen LogP contribution is 2.20. The van der Waals surface area contributed by atoms with E-state index in [2.05, 4.69) is 17.1 Å². The molecular weight excluding hydrogens is 252 g/mol. The van der Waals surface area contributed by atoms with Gasteiger partial charge in [0.25, 0.3) is 5.89 Å². The third kappa shape index (κ3) is 4.68. The van der Waals surface area contributed by atoms with Crippen LogP contribution in [0.25, 0.3) is 11.5 Å². The van der Waals surface area contributed by atoms with Crippen LogP contribution in [0.2, 0.25) is 0 Å². The van der Waals surface area contributed by atoms with E-state index in [-0.39, 0.29) is 6.08 Å². The van der Waals surface area contributed by atoms with Crippen LogP contribution in [-0.4, -0.2) is 16.8 Å². The van der Waals surface area contributed by atoms with Crippen LogP contribution < -0.4 is 4.74 Å². The summed E-state index contributed by atoms with van der Waals surface area (Å²) in [6.07, 6.45) is 7.68. The zero-order chi connectivity index (χ0) is 14.0. The van der Waals surface area contributed by atoms with Gasteiger partial charge < -0.3 is 9.15 Å². The third-order valence-corrected chi connectivity index (χ3v) is 3.15. The fourth-order valence-corrected chi connectivity index (χ4v) is 2.01. The maximum absolute atomic E-state index is 5.47. The summed E-state index contributed by atoms with van der Waals surface area (Å²) in [5, 5.41) is 7.89. The Morgan fingerprint density at radius 2 is 1.70 bits per heavy atom. The molecular formula is C16H22N2O2. The van der Waals surface area contributed by atoms with Gasteiger partial charge in [-0.05, 0) is 18.6 Å². The Morgan fingerprint density at radius 3 is 2.50 bits per heavy atom. The Kier molecular flexibility index (Phi) is 6.08. The molecule has 0 amide bonds. The summed E-state index contributed by atoms with van der Waals surface area (Å²) in [7, 11) is 0. The standard InChI is InChI=1S/C16H22N2O2/c1-2-3-4-5-6-10-13-19-16-18-17-15(20-16)14-11-8-7-9-12-14/h7-9,11-12H,2-6,10,13H2,1H3. The van der Waals surface area contributed by atoms with Gasteiger partial charge in [-0.2, -0.15) is 0 Å². The lowest BCUT2D eigenvalue weighted by molar-refractivity contribution is 0.226. The molecule has 0 radical (unpaired) electrons. The molecule has 1 aromatic heterocycles. The molecule has 2 rings (SSSR count). The van der Waals surface area contributed by atoms with Gasteiger partial charge in [-0.25, -0.2) is 0 Å². The highest BCUT2D eigenvalue weighted by atomic mass is 16.6. The molecule has 0 saturated heterocycles. The molecule has 0 atom stereocenters. The second kappa shape index (κ2) is 8.35. The van der Waals surface area contributed by atoms with Crippen molar-refractivity contribution in [2.75, 3.05) is 6.61 Å². The summed E-state index contributed by atoms with van der Waals surface area (Å²) in [5.41, 5.74) is 0.911. The van der Waals surface area contributed by atoms with Gasteiger partial charge in [0, 0.05) is 5.56 Å². The number of unbranched alkanes of at least 4 members (excludes halogenated alkanes) is 5. The van der Waals surface area contributed by atoms with E-state index < -0.39 is 0 Å². The molecule has 0 saturated carbocycles. The van der Waals surface area contributed by atoms with Gasteiger partial charge in [0.1, 0.15) is 0 Å². The lowest BCUT2D eigenvalue weighted by Crippen LogP contribution is -1.97. The molecule has 1 aromatic carbocycles. The number of hydrogen-bond donors (Lipinski definition) is 0. The molecule has 0 aliphatic carbocycles. The van der Waals surface area contributed by atoms with Gasteiger partial charge in [-0.1, -0.05) is 62.3 Å². The number of benzene rings is 1. The topological polar surface area (TPSA) is 48.2 Å². The van der Waals surface area contributed by atoms with Crippen LogP contribution in [0.1, 0.15) is 45.4 Å². The maximum Gasteiger partial charge on any atom is 0.414 e. The number of hydrogen-bond acceptors (Lipinski definition) is 4. The number of aromatic nitrogens is 2. The van der Waals surface area contributed by atoms with Crippen molar-refractivity contribution in [1.29, 1.82) is 0 Å². The molecule has 2 aromatic rings. The van der Waals surface area contributed by atoms with Crippen LogP contribution in [0, 0.1) is 0 Å². The van der Waals surface area contributed by atoms with Crippen molar-refractivity contribution in [3.8, 4) is 17.5 Å². The first-order valence-corrected chi connectivity index (χ1v) is 7.42. The van der Waals surface area contributed by atoms with Crippen LogP contribution in [0.15, 0.2) is 34.7 Å². The highest BCUT2D eigenvalue weighted by Gasteiger charge is 2.08. The minimum Gasteiger partial charge on any atom is -0.449 e. The van der Waals surface area contributed by atoms with Crippen molar-refractivity contribution in [2.24, 2.45) is 0 Å². The monoisotopic (exact) mass is 274 g/mol. The normalized spacial score (nSPS) is 10.7. The lowest BCUT2D eigenvalue weighted by atomic mass is 10.1. The zero-order valence-electron chi connectivity index (χ0n) is 12.0. The summed E-state index contributed by atoms with van der Waals surface area (Å²) < 4.78 is 10.9. The number of rotatable bonds is 9. The number of ether oxygens (including phenoxy) is 1. The Bertz CT molecular complexity index is 482. The van der Waals surface area contributed by atoms with Crippen molar-refractivity contribution >= 4 is 0 Å². The van der Waals surface area contributed by atoms with Crippen molar-refractivity contribution in [1.82, 2.24) is 10.2 Å². The Morgan fingerprint density at radius 1 is 0.950 bits per heavy atom. The van der Waals surface area contributed by atoms with E-state index >= 15 is 0 Å². The summed E-state index contributed by atoms with van der Waals surface area (Å²) in [6.45, 7) is 2.87. The summed E-state index contributed by atoms with van der Waals surface area (Å²) >= 11 is 0.